The van der Waals surface area contributed by atoms with Gasteiger partial charge in [-0.2, -0.15) is 0 Å². The van der Waals surface area contributed by atoms with Gasteiger partial charge in [0.1, 0.15) is 6.54 Å². The maximum Gasteiger partial charge on any atom is 0.261 e. The Morgan fingerprint density at radius 2 is 1.83 bits per heavy atom. The van der Waals surface area contributed by atoms with Crippen molar-refractivity contribution < 1.29 is 4.79 Å². The molecule has 2 heterocycles. The fourth-order valence-corrected chi connectivity index (χ4v) is 3.87. The number of thiazole rings is 1. The minimum Gasteiger partial charge on any atom is -0.300 e. The number of anilines is 1. The number of fused-ring (bicyclic) bond motifs is 1. The van der Waals surface area contributed by atoms with E-state index in [1.54, 1.807) is 18.2 Å². The lowest BCUT2D eigenvalue weighted by atomic mass is 9.86. The average Bonchev–Trinajstić information content (AvgIpc) is 3.18. The molecule has 0 aliphatic heterocycles. The summed E-state index contributed by atoms with van der Waals surface area (Å²) in [7, 11) is 0. The summed E-state index contributed by atoms with van der Waals surface area (Å²) in [6.07, 6.45) is 1.40. The Morgan fingerprint density at radius 1 is 1.10 bits per heavy atom. The maximum absolute atomic E-state index is 12.5. The second-order valence-electron chi connectivity index (χ2n) is 8.11. The molecular formula is C23H22N4O2S. The van der Waals surface area contributed by atoms with E-state index in [1.807, 2.05) is 23.6 Å². The van der Waals surface area contributed by atoms with Gasteiger partial charge in [-0.15, -0.1) is 11.3 Å². The highest BCUT2D eigenvalue weighted by Gasteiger charge is 2.14. The van der Waals surface area contributed by atoms with E-state index in [4.69, 9.17) is 0 Å². The highest BCUT2D eigenvalue weighted by molar-refractivity contribution is 7.14. The number of benzene rings is 2. The van der Waals surface area contributed by atoms with Gasteiger partial charge in [0.25, 0.3) is 5.56 Å². The normalized spacial score (nSPS) is 11.6. The lowest BCUT2D eigenvalue weighted by molar-refractivity contribution is -0.116. The minimum absolute atomic E-state index is 0.0927. The van der Waals surface area contributed by atoms with Crippen LogP contribution in [0.2, 0.25) is 0 Å². The zero-order valence-corrected chi connectivity index (χ0v) is 17.9. The Morgan fingerprint density at radius 3 is 2.57 bits per heavy atom. The predicted octanol–water partition coefficient (Wildman–Crippen LogP) is 4.46. The molecule has 0 aliphatic rings. The first kappa shape index (κ1) is 20.0. The van der Waals surface area contributed by atoms with E-state index in [2.05, 4.69) is 48.2 Å². The molecule has 0 bridgehead atoms. The lowest BCUT2D eigenvalue weighted by Gasteiger charge is -2.18. The van der Waals surface area contributed by atoms with Crippen LogP contribution in [0.15, 0.2) is 65.0 Å². The monoisotopic (exact) mass is 418 g/mol. The Hall–Kier alpha value is -3.32. The largest absolute Gasteiger partial charge is 0.300 e. The molecule has 2 aromatic carbocycles. The minimum atomic E-state index is -0.321. The molecule has 1 amide bonds. The second kappa shape index (κ2) is 7.84. The van der Waals surface area contributed by atoms with Crippen molar-refractivity contribution in [3.8, 4) is 11.3 Å². The SMILES string of the molecule is CC(C)(C)c1ccc(-c2csc(NC(=O)Cn3cnc4ccccc4c3=O)n2)cc1. The van der Waals surface area contributed by atoms with Gasteiger partial charge in [-0.3, -0.25) is 14.2 Å². The van der Waals surface area contributed by atoms with Crippen molar-refractivity contribution in [2.75, 3.05) is 5.32 Å². The second-order valence-corrected chi connectivity index (χ2v) is 8.97. The molecule has 152 valence electrons. The number of para-hydroxylation sites is 1. The molecule has 0 aliphatic carbocycles. The van der Waals surface area contributed by atoms with Gasteiger partial charge in [0, 0.05) is 10.9 Å². The Bertz CT molecular complexity index is 1270. The smallest absolute Gasteiger partial charge is 0.261 e. The van der Waals surface area contributed by atoms with Crippen LogP contribution in [0.4, 0.5) is 5.13 Å². The van der Waals surface area contributed by atoms with Gasteiger partial charge in [0.05, 0.1) is 22.9 Å². The molecule has 2 aromatic heterocycles. The summed E-state index contributed by atoms with van der Waals surface area (Å²) in [4.78, 5) is 33.7. The first-order valence-electron chi connectivity index (χ1n) is 9.62. The third-order valence-electron chi connectivity index (χ3n) is 4.84. The van der Waals surface area contributed by atoms with Gasteiger partial charge >= 0.3 is 0 Å². The van der Waals surface area contributed by atoms with E-state index in [9.17, 15) is 9.59 Å². The van der Waals surface area contributed by atoms with Crippen molar-refractivity contribution in [2.45, 2.75) is 32.7 Å². The number of amides is 1. The standard InChI is InChI=1S/C23H22N4O2S/c1-23(2,3)16-10-8-15(9-11-16)19-13-30-22(25-19)26-20(28)12-27-14-24-18-7-5-4-6-17(18)21(27)29/h4-11,13-14H,12H2,1-3H3,(H,25,26,28). The van der Waals surface area contributed by atoms with Crippen LogP contribution < -0.4 is 10.9 Å². The molecule has 0 saturated carbocycles. The molecule has 0 unspecified atom stereocenters. The molecule has 0 saturated heterocycles. The number of hydrogen-bond acceptors (Lipinski definition) is 5. The molecule has 0 atom stereocenters. The van der Waals surface area contributed by atoms with Gasteiger partial charge < -0.3 is 5.32 Å². The van der Waals surface area contributed by atoms with Gasteiger partial charge in [-0.05, 0) is 23.1 Å². The summed E-state index contributed by atoms with van der Waals surface area (Å²) in [5.41, 5.74) is 3.52. The summed E-state index contributed by atoms with van der Waals surface area (Å²) < 4.78 is 1.30. The number of hydrogen-bond donors (Lipinski definition) is 1. The van der Waals surface area contributed by atoms with E-state index >= 15 is 0 Å². The molecule has 1 N–H and O–H groups in total. The summed E-state index contributed by atoms with van der Waals surface area (Å²) >= 11 is 1.35. The number of rotatable bonds is 4. The van der Waals surface area contributed by atoms with Crippen molar-refractivity contribution in [1.29, 1.82) is 0 Å². The fraction of sp³-hybridized carbons (Fsp3) is 0.217. The maximum atomic E-state index is 12.5. The summed E-state index contributed by atoms with van der Waals surface area (Å²) in [6.45, 7) is 6.41. The molecule has 0 radical (unpaired) electrons. The Labute approximate surface area is 178 Å². The zero-order chi connectivity index (χ0) is 21.3. The average molecular weight is 419 g/mol. The first-order chi connectivity index (χ1) is 14.3. The molecule has 4 aromatic rings. The highest BCUT2D eigenvalue weighted by Crippen LogP contribution is 2.28. The van der Waals surface area contributed by atoms with Gasteiger partial charge in [-0.1, -0.05) is 57.2 Å². The van der Waals surface area contributed by atoms with Crippen LogP contribution in [0, 0.1) is 0 Å². The van der Waals surface area contributed by atoms with Crippen LogP contribution in [0.1, 0.15) is 26.3 Å². The number of carbonyl (C=O) groups excluding carboxylic acids is 1. The van der Waals surface area contributed by atoms with E-state index in [1.165, 1.54) is 27.8 Å². The molecule has 0 spiro atoms. The topological polar surface area (TPSA) is 76.9 Å². The third kappa shape index (κ3) is 4.16. The van der Waals surface area contributed by atoms with E-state index in [0.717, 1.165) is 11.3 Å². The van der Waals surface area contributed by atoms with Gasteiger partial charge in [0.15, 0.2) is 5.13 Å². The summed E-state index contributed by atoms with van der Waals surface area (Å²) in [5.74, 6) is -0.321. The van der Waals surface area contributed by atoms with Gasteiger partial charge in [-0.25, -0.2) is 9.97 Å². The molecule has 7 heteroatoms. The molecule has 30 heavy (non-hydrogen) atoms. The van der Waals surface area contributed by atoms with Crippen molar-refractivity contribution >= 4 is 33.3 Å². The zero-order valence-electron chi connectivity index (χ0n) is 17.0. The number of nitrogens with zero attached hydrogens (tertiary/aromatic N) is 3. The van der Waals surface area contributed by atoms with Crippen LogP contribution in [0.5, 0.6) is 0 Å². The van der Waals surface area contributed by atoms with Crippen molar-refractivity contribution in [3.63, 3.8) is 0 Å². The number of nitrogens with one attached hydrogen (secondary N) is 1. The summed E-state index contributed by atoms with van der Waals surface area (Å²) in [6, 6.07) is 15.4. The molecule has 6 nitrogen and oxygen atoms in total. The van der Waals surface area contributed by atoms with Crippen LogP contribution in [0.3, 0.4) is 0 Å². The predicted molar refractivity (Wildman–Crippen MR) is 121 cm³/mol. The first-order valence-corrected chi connectivity index (χ1v) is 10.5. The Balaban J connectivity index is 1.47. The quantitative estimate of drug-likeness (QED) is 0.531. The summed E-state index contributed by atoms with van der Waals surface area (Å²) in [5, 5.41) is 5.67. The number of aromatic nitrogens is 3. The Kier molecular flexibility index (Phi) is 5.22. The van der Waals surface area contributed by atoms with E-state index in [0.29, 0.717) is 16.0 Å². The fourth-order valence-electron chi connectivity index (χ4n) is 3.14. The lowest BCUT2D eigenvalue weighted by Crippen LogP contribution is -2.27. The van der Waals surface area contributed by atoms with Crippen LogP contribution in [-0.2, 0) is 16.8 Å². The van der Waals surface area contributed by atoms with Crippen molar-refractivity contribution in [2.24, 2.45) is 0 Å². The van der Waals surface area contributed by atoms with E-state index in [-0.39, 0.29) is 23.4 Å². The van der Waals surface area contributed by atoms with Crippen LogP contribution in [0.25, 0.3) is 22.2 Å². The molecular weight excluding hydrogens is 396 g/mol. The van der Waals surface area contributed by atoms with Crippen molar-refractivity contribution in [3.05, 3.63) is 76.2 Å². The highest BCUT2D eigenvalue weighted by atomic mass is 32.1. The third-order valence-corrected chi connectivity index (χ3v) is 5.60. The van der Waals surface area contributed by atoms with Gasteiger partial charge in [0.2, 0.25) is 5.91 Å². The van der Waals surface area contributed by atoms with Crippen LogP contribution in [-0.4, -0.2) is 20.4 Å². The van der Waals surface area contributed by atoms with Crippen molar-refractivity contribution in [1.82, 2.24) is 14.5 Å². The van der Waals surface area contributed by atoms with E-state index < -0.39 is 0 Å². The van der Waals surface area contributed by atoms with Crippen LogP contribution >= 0.6 is 11.3 Å². The number of carbonyl (C=O) groups is 1. The molecule has 0 fully saturated rings. The molecule has 4 rings (SSSR count).